The molecule has 32 heavy (non-hydrogen) atoms. The maximum Gasteiger partial charge on any atom is 0.332 e. The summed E-state index contributed by atoms with van der Waals surface area (Å²) in [5.74, 6) is 2.56. The van der Waals surface area contributed by atoms with Gasteiger partial charge in [0, 0.05) is 38.8 Å². The largest absolute Gasteiger partial charge is 0.371 e. The van der Waals surface area contributed by atoms with Crippen molar-refractivity contribution in [1.82, 2.24) is 28.8 Å². The molecule has 0 bridgehead atoms. The molecule has 2 unspecified atom stereocenters. The van der Waals surface area contributed by atoms with Crippen molar-refractivity contribution < 1.29 is 4.52 Å². The van der Waals surface area contributed by atoms with Crippen LogP contribution < -0.4 is 16.1 Å². The third kappa shape index (κ3) is 2.75. The van der Waals surface area contributed by atoms with Gasteiger partial charge in [0.15, 0.2) is 17.0 Å². The Morgan fingerprint density at radius 1 is 1.12 bits per heavy atom. The molecule has 0 radical (unpaired) electrons. The van der Waals surface area contributed by atoms with Crippen LogP contribution in [0.4, 0.5) is 5.69 Å². The SMILES string of the molecule is Cc1cccc(N2CC3C(C2)C3c2noc(Cn3cnc4c3c(=O)n(C)c(=O)n4C)n2)c1. The molecule has 0 N–H and O–H groups in total. The topological polar surface area (TPSA) is 104 Å². The lowest BCUT2D eigenvalue weighted by Crippen LogP contribution is -2.37. The van der Waals surface area contributed by atoms with E-state index in [0.717, 1.165) is 23.5 Å². The lowest BCUT2D eigenvalue weighted by atomic mass is 10.2. The molecule has 2 aliphatic rings. The van der Waals surface area contributed by atoms with Crippen LogP contribution in [-0.4, -0.2) is 41.9 Å². The number of anilines is 1. The van der Waals surface area contributed by atoms with Gasteiger partial charge in [0.25, 0.3) is 5.56 Å². The lowest BCUT2D eigenvalue weighted by molar-refractivity contribution is 0.366. The Balaban J connectivity index is 1.20. The summed E-state index contributed by atoms with van der Waals surface area (Å²) in [5, 5.41) is 4.23. The van der Waals surface area contributed by atoms with Crippen LogP contribution in [-0.2, 0) is 20.6 Å². The van der Waals surface area contributed by atoms with E-state index in [9.17, 15) is 9.59 Å². The summed E-state index contributed by atoms with van der Waals surface area (Å²) in [6.45, 7) is 4.34. The highest BCUT2D eigenvalue weighted by atomic mass is 16.5. The van der Waals surface area contributed by atoms with Crippen LogP contribution >= 0.6 is 0 Å². The highest BCUT2D eigenvalue weighted by Gasteiger charge is 2.58. The molecule has 10 nitrogen and oxygen atoms in total. The Kier molecular flexibility index (Phi) is 3.96. The molecule has 4 heterocycles. The van der Waals surface area contributed by atoms with Crippen molar-refractivity contribution in [3.05, 3.63) is 68.7 Å². The van der Waals surface area contributed by atoms with Crippen LogP contribution in [0.5, 0.6) is 0 Å². The molecule has 10 heteroatoms. The second kappa shape index (κ2) is 6.65. The Bertz CT molecular complexity index is 1460. The van der Waals surface area contributed by atoms with Gasteiger partial charge < -0.3 is 14.0 Å². The first-order valence-electron chi connectivity index (χ1n) is 10.7. The van der Waals surface area contributed by atoms with Crippen LogP contribution in [0.1, 0.15) is 23.2 Å². The number of hydrogen-bond acceptors (Lipinski definition) is 7. The molecule has 1 saturated carbocycles. The molecular weight excluding hydrogens is 410 g/mol. The molecule has 1 saturated heterocycles. The second-order valence-corrected chi connectivity index (χ2v) is 8.89. The quantitative estimate of drug-likeness (QED) is 0.473. The third-order valence-electron chi connectivity index (χ3n) is 6.87. The molecular formula is C22H23N7O3. The average molecular weight is 433 g/mol. The van der Waals surface area contributed by atoms with Gasteiger partial charge in [-0.2, -0.15) is 4.98 Å². The first-order chi connectivity index (χ1) is 15.4. The maximum atomic E-state index is 12.6. The minimum absolute atomic E-state index is 0.231. The molecule has 3 aromatic heterocycles. The van der Waals surface area contributed by atoms with Gasteiger partial charge in [0.05, 0.1) is 6.33 Å². The van der Waals surface area contributed by atoms with Crippen LogP contribution in [0.3, 0.4) is 0 Å². The van der Waals surface area contributed by atoms with Gasteiger partial charge in [0.2, 0.25) is 5.89 Å². The monoisotopic (exact) mass is 433 g/mol. The van der Waals surface area contributed by atoms with Crippen molar-refractivity contribution in [3.8, 4) is 0 Å². The van der Waals surface area contributed by atoms with Crippen molar-refractivity contribution >= 4 is 16.9 Å². The zero-order chi connectivity index (χ0) is 22.1. The molecule has 4 aromatic rings. The predicted molar refractivity (Wildman–Crippen MR) is 117 cm³/mol. The standard InChI is InChI=1S/C22H23N7O3/c1-12-5-4-6-13(7-12)28-8-14-15(9-28)17(14)19-24-16(32-25-19)10-29-11-23-20-18(29)21(30)27(3)22(31)26(20)2/h4-7,11,14-15,17H,8-10H2,1-3H3. The van der Waals surface area contributed by atoms with E-state index in [-0.39, 0.29) is 6.54 Å². The number of piperidine rings is 1. The number of nitrogens with zero attached hydrogens (tertiary/aromatic N) is 7. The normalized spacial score (nSPS) is 22.0. The minimum Gasteiger partial charge on any atom is -0.371 e. The Hall–Kier alpha value is -3.69. The van der Waals surface area contributed by atoms with Gasteiger partial charge in [0.1, 0.15) is 6.54 Å². The molecule has 2 atom stereocenters. The summed E-state index contributed by atoms with van der Waals surface area (Å²) >= 11 is 0. The number of benzene rings is 1. The smallest absolute Gasteiger partial charge is 0.332 e. The number of hydrogen-bond donors (Lipinski definition) is 0. The van der Waals surface area contributed by atoms with Crippen LogP contribution in [0.15, 0.2) is 44.7 Å². The van der Waals surface area contributed by atoms with Crippen LogP contribution in [0, 0.1) is 18.8 Å². The Morgan fingerprint density at radius 3 is 2.66 bits per heavy atom. The summed E-state index contributed by atoms with van der Waals surface area (Å²) in [5.41, 5.74) is 2.41. The predicted octanol–water partition coefficient (Wildman–Crippen LogP) is 1.02. The molecule has 2 fully saturated rings. The van der Waals surface area contributed by atoms with Crippen molar-refractivity contribution in [2.45, 2.75) is 19.4 Å². The first-order valence-corrected chi connectivity index (χ1v) is 10.7. The van der Waals surface area contributed by atoms with E-state index in [1.165, 1.54) is 29.2 Å². The van der Waals surface area contributed by atoms with Crippen molar-refractivity contribution in [2.24, 2.45) is 25.9 Å². The minimum atomic E-state index is -0.409. The van der Waals surface area contributed by atoms with E-state index in [1.807, 2.05) is 0 Å². The van der Waals surface area contributed by atoms with Gasteiger partial charge in [-0.1, -0.05) is 17.3 Å². The number of rotatable bonds is 4. The fourth-order valence-electron chi connectivity index (χ4n) is 5.08. The molecule has 1 aromatic carbocycles. The van der Waals surface area contributed by atoms with Crippen LogP contribution in [0.2, 0.25) is 0 Å². The second-order valence-electron chi connectivity index (χ2n) is 8.89. The lowest BCUT2D eigenvalue weighted by Gasteiger charge is -2.21. The van der Waals surface area contributed by atoms with E-state index in [2.05, 4.69) is 51.2 Å². The fraction of sp³-hybridized carbons (Fsp3) is 0.409. The van der Waals surface area contributed by atoms with E-state index in [0.29, 0.717) is 34.8 Å². The zero-order valence-electron chi connectivity index (χ0n) is 18.1. The van der Waals surface area contributed by atoms with Crippen molar-refractivity contribution in [1.29, 1.82) is 0 Å². The summed E-state index contributed by atoms with van der Waals surface area (Å²) < 4.78 is 9.59. The highest BCUT2D eigenvalue weighted by Crippen LogP contribution is 2.57. The van der Waals surface area contributed by atoms with Crippen LogP contribution in [0.25, 0.3) is 11.2 Å². The fourth-order valence-corrected chi connectivity index (χ4v) is 5.08. The maximum absolute atomic E-state index is 12.6. The Morgan fingerprint density at radius 2 is 1.91 bits per heavy atom. The summed E-state index contributed by atoms with van der Waals surface area (Å²) in [7, 11) is 3.05. The van der Waals surface area contributed by atoms with E-state index < -0.39 is 11.2 Å². The number of aromatic nitrogens is 6. The van der Waals surface area contributed by atoms with E-state index >= 15 is 0 Å². The van der Waals surface area contributed by atoms with Gasteiger partial charge in [-0.15, -0.1) is 0 Å². The molecule has 0 amide bonds. The number of aryl methyl sites for hydroxylation is 2. The summed E-state index contributed by atoms with van der Waals surface area (Å²) in [4.78, 5) is 36.0. The highest BCUT2D eigenvalue weighted by molar-refractivity contribution is 5.70. The molecule has 1 aliphatic carbocycles. The van der Waals surface area contributed by atoms with Crippen molar-refractivity contribution in [2.75, 3.05) is 18.0 Å². The molecule has 0 spiro atoms. The Labute approximate surface area is 182 Å². The van der Waals surface area contributed by atoms with Gasteiger partial charge >= 0.3 is 5.69 Å². The van der Waals surface area contributed by atoms with Gasteiger partial charge in [-0.25, -0.2) is 9.78 Å². The summed E-state index contributed by atoms with van der Waals surface area (Å²) in [6, 6.07) is 8.60. The van der Waals surface area contributed by atoms with Gasteiger partial charge in [-0.05, 0) is 36.5 Å². The van der Waals surface area contributed by atoms with Gasteiger partial charge in [-0.3, -0.25) is 13.9 Å². The zero-order valence-corrected chi connectivity index (χ0v) is 18.1. The third-order valence-corrected chi connectivity index (χ3v) is 6.87. The molecule has 164 valence electrons. The first kappa shape index (κ1) is 19.0. The molecule has 6 rings (SSSR count). The van der Waals surface area contributed by atoms with E-state index in [4.69, 9.17) is 4.52 Å². The van der Waals surface area contributed by atoms with E-state index in [1.54, 1.807) is 11.6 Å². The molecule has 1 aliphatic heterocycles. The average Bonchev–Trinajstić information content (AvgIpc) is 3.23. The van der Waals surface area contributed by atoms with Crippen molar-refractivity contribution in [3.63, 3.8) is 0 Å². The number of imidazole rings is 1. The number of fused-ring (bicyclic) bond motifs is 2. The summed E-state index contributed by atoms with van der Waals surface area (Å²) in [6.07, 6.45) is 1.53.